The molecule has 66 valence electrons. The van der Waals surface area contributed by atoms with Gasteiger partial charge in [-0.05, 0) is 20.3 Å². The molecule has 0 spiro atoms. The van der Waals surface area contributed by atoms with Crippen molar-refractivity contribution in [3.8, 4) is 0 Å². The van der Waals surface area contributed by atoms with Gasteiger partial charge in [0.2, 0.25) is 0 Å². The van der Waals surface area contributed by atoms with Crippen LogP contribution in [0.1, 0.15) is 33.6 Å². The number of aliphatic hydroxyl groups is 1. The summed E-state index contributed by atoms with van der Waals surface area (Å²) in [7, 11) is 0. The smallest absolute Gasteiger partial charge is 0.337 e. The Morgan fingerprint density at radius 2 is 2.09 bits per heavy atom. The number of carbonyl (C=O) groups is 1. The van der Waals surface area contributed by atoms with Crippen molar-refractivity contribution in [1.82, 2.24) is 0 Å². The molecule has 0 aromatic rings. The SMILES string of the molecule is CCC[C@@](C)(O)C(=O)OCC. The molecule has 0 saturated carbocycles. The third kappa shape index (κ3) is 3.37. The zero-order valence-electron chi connectivity index (χ0n) is 7.39. The number of hydrogen-bond acceptors (Lipinski definition) is 3. The Hall–Kier alpha value is -0.570. The van der Waals surface area contributed by atoms with Gasteiger partial charge in [0.25, 0.3) is 0 Å². The van der Waals surface area contributed by atoms with Gasteiger partial charge in [-0.25, -0.2) is 4.79 Å². The largest absolute Gasteiger partial charge is 0.464 e. The molecule has 0 radical (unpaired) electrons. The van der Waals surface area contributed by atoms with Gasteiger partial charge < -0.3 is 9.84 Å². The fourth-order valence-electron chi connectivity index (χ4n) is 0.875. The van der Waals surface area contributed by atoms with Crippen LogP contribution in [0.25, 0.3) is 0 Å². The summed E-state index contributed by atoms with van der Waals surface area (Å²) in [4.78, 5) is 11.0. The van der Waals surface area contributed by atoms with Crippen molar-refractivity contribution in [2.45, 2.75) is 39.2 Å². The summed E-state index contributed by atoms with van der Waals surface area (Å²) in [6.07, 6.45) is 1.22. The molecule has 0 saturated heterocycles. The Morgan fingerprint density at radius 1 is 1.55 bits per heavy atom. The second-order valence-corrected chi connectivity index (χ2v) is 2.74. The molecular weight excluding hydrogens is 144 g/mol. The molecule has 1 N–H and O–H groups in total. The van der Waals surface area contributed by atoms with Gasteiger partial charge in [-0.2, -0.15) is 0 Å². The van der Waals surface area contributed by atoms with E-state index in [9.17, 15) is 9.90 Å². The molecule has 0 bridgehead atoms. The van der Waals surface area contributed by atoms with Gasteiger partial charge in [0, 0.05) is 0 Å². The first kappa shape index (κ1) is 10.4. The van der Waals surface area contributed by atoms with Gasteiger partial charge in [-0.15, -0.1) is 0 Å². The Kier molecular flexibility index (Phi) is 4.11. The zero-order chi connectivity index (χ0) is 8.91. The zero-order valence-corrected chi connectivity index (χ0v) is 7.39. The molecule has 0 aromatic heterocycles. The highest BCUT2D eigenvalue weighted by Crippen LogP contribution is 2.13. The maximum atomic E-state index is 11.0. The van der Waals surface area contributed by atoms with E-state index in [2.05, 4.69) is 4.74 Å². The van der Waals surface area contributed by atoms with E-state index in [4.69, 9.17) is 0 Å². The monoisotopic (exact) mass is 160 g/mol. The number of hydrogen-bond donors (Lipinski definition) is 1. The van der Waals surface area contributed by atoms with Crippen molar-refractivity contribution in [1.29, 1.82) is 0 Å². The predicted octanol–water partition coefficient (Wildman–Crippen LogP) is 1.10. The Morgan fingerprint density at radius 3 is 2.45 bits per heavy atom. The van der Waals surface area contributed by atoms with Crippen molar-refractivity contribution in [2.24, 2.45) is 0 Å². The van der Waals surface area contributed by atoms with E-state index < -0.39 is 11.6 Å². The van der Waals surface area contributed by atoms with Crippen molar-refractivity contribution in [2.75, 3.05) is 6.61 Å². The highest BCUT2D eigenvalue weighted by molar-refractivity contribution is 5.78. The van der Waals surface area contributed by atoms with Crippen LogP contribution in [-0.4, -0.2) is 23.3 Å². The molecule has 0 aliphatic carbocycles. The summed E-state index contributed by atoms with van der Waals surface area (Å²) in [6, 6.07) is 0. The lowest BCUT2D eigenvalue weighted by atomic mass is 10.0. The van der Waals surface area contributed by atoms with Crippen LogP contribution in [0.3, 0.4) is 0 Å². The lowest BCUT2D eigenvalue weighted by molar-refractivity contribution is -0.163. The third-order valence-electron chi connectivity index (χ3n) is 1.45. The van der Waals surface area contributed by atoms with Crippen molar-refractivity contribution in [3.05, 3.63) is 0 Å². The number of ether oxygens (including phenoxy) is 1. The summed E-state index contributed by atoms with van der Waals surface area (Å²) in [5.74, 6) is -0.526. The van der Waals surface area contributed by atoms with Gasteiger partial charge in [-0.3, -0.25) is 0 Å². The van der Waals surface area contributed by atoms with Crippen LogP contribution >= 0.6 is 0 Å². The standard InChI is InChI=1S/C8H16O3/c1-4-6-8(3,10)7(9)11-5-2/h10H,4-6H2,1-3H3/t8-/m1/s1. The van der Waals surface area contributed by atoms with E-state index in [1.807, 2.05) is 6.92 Å². The van der Waals surface area contributed by atoms with Crippen molar-refractivity contribution < 1.29 is 14.6 Å². The Labute approximate surface area is 67.4 Å². The summed E-state index contributed by atoms with van der Waals surface area (Å²) in [5.41, 5.74) is -1.30. The molecule has 0 amide bonds. The first-order valence-corrected chi connectivity index (χ1v) is 3.94. The van der Waals surface area contributed by atoms with E-state index in [0.29, 0.717) is 13.0 Å². The predicted molar refractivity (Wildman–Crippen MR) is 42.2 cm³/mol. The molecule has 3 heteroatoms. The number of rotatable bonds is 4. The van der Waals surface area contributed by atoms with E-state index >= 15 is 0 Å². The quantitative estimate of drug-likeness (QED) is 0.626. The van der Waals surface area contributed by atoms with Gasteiger partial charge in [-0.1, -0.05) is 13.3 Å². The third-order valence-corrected chi connectivity index (χ3v) is 1.45. The maximum Gasteiger partial charge on any atom is 0.337 e. The normalized spacial score (nSPS) is 15.6. The fourth-order valence-corrected chi connectivity index (χ4v) is 0.875. The van der Waals surface area contributed by atoms with Crippen LogP contribution < -0.4 is 0 Å². The minimum Gasteiger partial charge on any atom is -0.464 e. The highest BCUT2D eigenvalue weighted by atomic mass is 16.5. The molecule has 0 rings (SSSR count). The van der Waals surface area contributed by atoms with Crippen LogP contribution in [0, 0.1) is 0 Å². The van der Waals surface area contributed by atoms with Gasteiger partial charge in [0.1, 0.15) is 0 Å². The molecular formula is C8H16O3. The summed E-state index contributed by atoms with van der Waals surface area (Å²) in [6.45, 7) is 5.43. The van der Waals surface area contributed by atoms with Crippen molar-refractivity contribution >= 4 is 5.97 Å². The van der Waals surface area contributed by atoms with Crippen molar-refractivity contribution in [3.63, 3.8) is 0 Å². The van der Waals surface area contributed by atoms with Crippen LogP contribution in [0.4, 0.5) is 0 Å². The lowest BCUT2D eigenvalue weighted by Gasteiger charge is -2.19. The summed E-state index contributed by atoms with van der Waals surface area (Å²) >= 11 is 0. The molecule has 1 atom stereocenters. The molecule has 0 fully saturated rings. The van der Waals surface area contributed by atoms with Gasteiger partial charge in [0.05, 0.1) is 6.61 Å². The molecule has 0 unspecified atom stereocenters. The molecule has 0 aromatic carbocycles. The minimum absolute atomic E-state index is 0.318. The first-order valence-electron chi connectivity index (χ1n) is 3.94. The topological polar surface area (TPSA) is 46.5 Å². The summed E-state index contributed by atoms with van der Waals surface area (Å²) < 4.78 is 4.67. The van der Waals surface area contributed by atoms with E-state index in [0.717, 1.165) is 6.42 Å². The highest BCUT2D eigenvalue weighted by Gasteiger charge is 2.30. The lowest BCUT2D eigenvalue weighted by Crippen LogP contribution is -2.36. The molecule has 11 heavy (non-hydrogen) atoms. The maximum absolute atomic E-state index is 11.0. The van der Waals surface area contributed by atoms with Crippen LogP contribution in [0.2, 0.25) is 0 Å². The van der Waals surface area contributed by atoms with Crippen LogP contribution in [0.15, 0.2) is 0 Å². The fraction of sp³-hybridized carbons (Fsp3) is 0.875. The minimum atomic E-state index is -1.30. The average molecular weight is 160 g/mol. The molecule has 0 heterocycles. The number of esters is 1. The van der Waals surface area contributed by atoms with Crippen LogP contribution in [-0.2, 0) is 9.53 Å². The Bertz CT molecular complexity index is 129. The van der Waals surface area contributed by atoms with E-state index in [1.54, 1.807) is 6.92 Å². The molecule has 0 aliphatic heterocycles. The van der Waals surface area contributed by atoms with Gasteiger partial charge >= 0.3 is 5.97 Å². The first-order chi connectivity index (χ1) is 5.04. The van der Waals surface area contributed by atoms with Gasteiger partial charge in [0.15, 0.2) is 5.60 Å². The molecule has 3 nitrogen and oxygen atoms in total. The van der Waals surface area contributed by atoms with E-state index in [1.165, 1.54) is 6.92 Å². The number of carbonyl (C=O) groups excluding carboxylic acids is 1. The summed E-state index contributed by atoms with van der Waals surface area (Å²) in [5, 5.41) is 9.44. The Balaban J connectivity index is 3.94. The average Bonchev–Trinajstić information content (AvgIpc) is 1.88. The molecule has 0 aliphatic rings. The van der Waals surface area contributed by atoms with Crippen LogP contribution in [0.5, 0.6) is 0 Å². The second-order valence-electron chi connectivity index (χ2n) is 2.74. The van der Waals surface area contributed by atoms with E-state index in [-0.39, 0.29) is 0 Å². The second kappa shape index (κ2) is 4.34.